The number of esters is 1. The second kappa shape index (κ2) is 6.00. The lowest BCUT2D eigenvalue weighted by atomic mass is 9.49. The number of fused-ring (bicyclic) bond motifs is 5. The molecular formula is C21H32BrNO2. The second-order valence-corrected chi connectivity index (χ2v) is 10.4. The van der Waals surface area contributed by atoms with Gasteiger partial charge >= 0.3 is 5.97 Å². The summed E-state index contributed by atoms with van der Waals surface area (Å²) in [6.07, 6.45) is 8.43. The third-order valence-electron chi connectivity index (χ3n) is 8.53. The normalized spacial score (nSPS) is 46.4. The topological polar surface area (TPSA) is 29.5 Å². The highest BCUT2D eigenvalue weighted by Crippen LogP contribution is 2.67. The molecule has 2 saturated carbocycles. The Bertz CT molecular complexity index is 617. The number of piperidine rings is 1. The molecule has 1 aliphatic heterocycles. The Labute approximate surface area is 160 Å². The molecular weight excluding hydrogens is 378 g/mol. The van der Waals surface area contributed by atoms with Gasteiger partial charge in [0.25, 0.3) is 0 Å². The SMILES string of the molecule is COC(=O)[C@H]1CC[C@H]2C3CC(Br)=C4N(C)CCC[C@]4(C)C3CC[C@]12C. The van der Waals surface area contributed by atoms with E-state index >= 15 is 0 Å². The minimum Gasteiger partial charge on any atom is -0.469 e. The van der Waals surface area contributed by atoms with Crippen LogP contribution in [0.15, 0.2) is 10.2 Å². The van der Waals surface area contributed by atoms with E-state index in [4.69, 9.17) is 4.74 Å². The number of rotatable bonds is 1. The number of methoxy groups -OCH3 is 1. The largest absolute Gasteiger partial charge is 0.469 e. The van der Waals surface area contributed by atoms with Gasteiger partial charge in [0.1, 0.15) is 0 Å². The molecule has 0 aromatic heterocycles. The number of ether oxygens (including phenoxy) is 1. The first-order valence-electron chi connectivity index (χ1n) is 10.0. The quantitative estimate of drug-likeness (QED) is 0.573. The fraction of sp³-hybridized carbons (Fsp3) is 0.857. The average Bonchev–Trinajstić information content (AvgIpc) is 2.91. The molecule has 3 aliphatic carbocycles. The Morgan fingerprint density at radius 2 is 1.96 bits per heavy atom. The highest BCUT2D eigenvalue weighted by atomic mass is 79.9. The van der Waals surface area contributed by atoms with Gasteiger partial charge in [-0.3, -0.25) is 4.79 Å². The molecule has 2 unspecified atom stereocenters. The summed E-state index contributed by atoms with van der Waals surface area (Å²) in [6, 6.07) is 0. The first kappa shape index (κ1) is 17.9. The highest BCUT2D eigenvalue weighted by Gasteiger charge is 2.61. The Morgan fingerprint density at radius 1 is 1.20 bits per heavy atom. The van der Waals surface area contributed by atoms with Gasteiger partial charge in [-0.05, 0) is 68.1 Å². The summed E-state index contributed by atoms with van der Waals surface area (Å²) in [5, 5.41) is 0. The number of carbonyl (C=O) groups excluding carboxylic acids is 1. The average molecular weight is 410 g/mol. The molecule has 0 radical (unpaired) electrons. The zero-order chi connectivity index (χ0) is 18.0. The van der Waals surface area contributed by atoms with Crippen LogP contribution in [-0.2, 0) is 9.53 Å². The zero-order valence-electron chi connectivity index (χ0n) is 16.1. The predicted molar refractivity (Wildman–Crippen MR) is 103 cm³/mol. The Morgan fingerprint density at radius 3 is 2.68 bits per heavy atom. The summed E-state index contributed by atoms with van der Waals surface area (Å²) in [6.45, 7) is 6.08. The van der Waals surface area contributed by atoms with Crippen LogP contribution in [0.1, 0.15) is 58.8 Å². The van der Waals surface area contributed by atoms with Gasteiger partial charge in [0, 0.05) is 29.2 Å². The predicted octanol–water partition coefficient (Wildman–Crippen LogP) is 4.96. The van der Waals surface area contributed by atoms with Crippen LogP contribution < -0.4 is 0 Å². The number of allylic oxidation sites excluding steroid dienone is 2. The van der Waals surface area contributed by atoms with Gasteiger partial charge in [0.2, 0.25) is 0 Å². The molecule has 25 heavy (non-hydrogen) atoms. The second-order valence-electron chi connectivity index (χ2n) is 9.47. The first-order chi connectivity index (χ1) is 11.8. The minimum absolute atomic E-state index is 0.0261. The molecule has 4 rings (SSSR count). The molecule has 0 spiro atoms. The highest BCUT2D eigenvalue weighted by molar-refractivity contribution is 9.11. The van der Waals surface area contributed by atoms with Crippen LogP contribution >= 0.6 is 15.9 Å². The van der Waals surface area contributed by atoms with Crippen LogP contribution in [0.2, 0.25) is 0 Å². The van der Waals surface area contributed by atoms with Crippen LogP contribution in [0.3, 0.4) is 0 Å². The van der Waals surface area contributed by atoms with Crippen molar-refractivity contribution in [3.63, 3.8) is 0 Å². The maximum absolute atomic E-state index is 12.4. The van der Waals surface area contributed by atoms with Gasteiger partial charge in [-0.2, -0.15) is 0 Å². The van der Waals surface area contributed by atoms with Gasteiger partial charge < -0.3 is 9.64 Å². The fourth-order valence-corrected chi connectivity index (χ4v) is 8.55. The smallest absolute Gasteiger partial charge is 0.309 e. The van der Waals surface area contributed by atoms with E-state index in [0.29, 0.717) is 17.3 Å². The van der Waals surface area contributed by atoms with E-state index in [1.807, 2.05) is 0 Å². The number of carbonyl (C=O) groups is 1. The van der Waals surface area contributed by atoms with Crippen molar-refractivity contribution >= 4 is 21.9 Å². The van der Waals surface area contributed by atoms with Crippen molar-refractivity contribution in [1.82, 2.24) is 4.90 Å². The minimum atomic E-state index is 0.0261. The monoisotopic (exact) mass is 409 g/mol. The molecule has 3 nitrogen and oxygen atoms in total. The van der Waals surface area contributed by atoms with Crippen molar-refractivity contribution in [2.45, 2.75) is 58.8 Å². The lowest BCUT2D eigenvalue weighted by Crippen LogP contribution is -2.53. The number of nitrogens with zero attached hydrogens (tertiary/aromatic N) is 1. The van der Waals surface area contributed by atoms with Crippen molar-refractivity contribution in [2.24, 2.45) is 34.5 Å². The molecule has 4 aliphatic rings. The lowest BCUT2D eigenvalue weighted by molar-refractivity contribution is -0.152. The summed E-state index contributed by atoms with van der Waals surface area (Å²) < 4.78 is 6.60. The van der Waals surface area contributed by atoms with E-state index < -0.39 is 0 Å². The molecule has 1 heterocycles. The molecule has 0 N–H and O–H groups in total. The third-order valence-corrected chi connectivity index (χ3v) is 9.22. The Balaban J connectivity index is 1.71. The number of likely N-dealkylation sites (tertiary alicyclic amines) is 1. The van der Waals surface area contributed by atoms with Crippen molar-refractivity contribution in [1.29, 1.82) is 0 Å². The van der Waals surface area contributed by atoms with Crippen molar-refractivity contribution in [2.75, 3.05) is 20.7 Å². The number of hydrogen-bond acceptors (Lipinski definition) is 3. The summed E-state index contributed by atoms with van der Waals surface area (Å²) in [5.74, 6) is 2.27. The Kier molecular flexibility index (Phi) is 4.29. The van der Waals surface area contributed by atoms with Gasteiger partial charge in [0.05, 0.1) is 13.0 Å². The molecule has 0 bridgehead atoms. The lowest BCUT2D eigenvalue weighted by Gasteiger charge is -2.59. The van der Waals surface area contributed by atoms with E-state index in [1.54, 1.807) is 12.8 Å². The molecule has 0 aromatic rings. The molecule has 1 saturated heterocycles. The van der Waals surface area contributed by atoms with Crippen LogP contribution in [0.25, 0.3) is 0 Å². The van der Waals surface area contributed by atoms with Crippen molar-refractivity contribution in [3.05, 3.63) is 10.2 Å². The standard InChI is InChI=1S/C21H32BrNO2/c1-20-10-8-15-13(14(20)6-7-16(20)19(24)25-4)12-17(22)18-21(15,2)9-5-11-23(18)3/h13-16H,5-12H2,1-4H3/t13?,14-,15?,16+,20-,21+/m0/s1. The van der Waals surface area contributed by atoms with E-state index in [1.165, 1.54) is 43.1 Å². The molecule has 6 atom stereocenters. The van der Waals surface area contributed by atoms with E-state index in [0.717, 1.165) is 18.8 Å². The summed E-state index contributed by atoms with van der Waals surface area (Å²) in [7, 11) is 3.82. The maximum atomic E-state index is 12.4. The molecule has 140 valence electrons. The molecule has 0 aromatic carbocycles. The van der Waals surface area contributed by atoms with Crippen LogP contribution in [0.4, 0.5) is 0 Å². The fourth-order valence-electron chi connectivity index (χ4n) is 7.42. The van der Waals surface area contributed by atoms with Crippen molar-refractivity contribution in [3.8, 4) is 0 Å². The van der Waals surface area contributed by atoms with Gasteiger partial charge in [-0.1, -0.05) is 29.8 Å². The maximum Gasteiger partial charge on any atom is 0.309 e. The van der Waals surface area contributed by atoms with Gasteiger partial charge in [-0.25, -0.2) is 0 Å². The number of hydrogen-bond donors (Lipinski definition) is 0. The summed E-state index contributed by atoms with van der Waals surface area (Å²) in [4.78, 5) is 14.9. The zero-order valence-corrected chi connectivity index (χ0v) is 17.7. The molecule has 3 fully saturated rings. The van der Waals surface area contributed by atoms with Crippen LogP contribution in [0.5, 0.6) is 0 Å². The van der Waals surface area contributed by atoms with E-state index in [2.05, 4.69) is 41.7 Å². The van der Waals surface area contributed by atoms with Crippen LogP contribution in [-0.4, -0.2) is 31.6 Å². The summed E-state index contributed by atoms with van der Waals surface area (Å²) in [5.41, 5.74) is 2.01. The van der Waals surface area contributed by atoms with E-state index in [9.17, 15) is 4.79 Å². The molecule has 4 heteroatoms. The van der Waals surface area contributed by atoms with Crippen LogP contribution in [0, 0.1) is 34.5 Å². The summed E-state index contributed by atoms with van der Waals surface area (Å²) >= 11 is 3.99. The van der Waals surface area contributed by atoms with Crippen molar-refractivity contribution < 1.29 is 9.53 Å². The van der Waals surface area contributed by atoms with Gasteiger partial charge in [-0.15, -0.1) is 0 Å². The third kappa shape index (κ3) is 2.38. The van der Waals surface area contributed by atoms with Gasteiger partial charge in [0.15, 0.2) is 0 Å². The Hall–Kier alpha value is -0.510. The molecule has 0 amide bonds. The number of halogens is 1. The van der Waals surface area contributed by atoms with E-state index in [-0.39, 0.29) is 17.3 Å². The first-order valence-corrected chi connectivity index (χ1v) is 10.8.